The van der Waals surface area contributed by atoms with Crippen LogP contribution in [0.4, 0.5) is 18.9 Å². The fourth-order valence-corrected chi connectivity index (χ4v) is 6.08. The number of alkyl halides is 3. The van der Waals surface area contributed by atoms with Crippen LogP contribution in [0, 0.1) is 0 Å². The van der Waals surface area contributed by atoms with Gasteiger partial charge in [0.15, 0.2) is 0 Å². The molecule has 5 rings (SSSR count). The van der Waals surface area contributed by atoms with Gasteiger partial charge in [-0.3, -0.25) is 19.3 Å². The Bertz CT molecular complexity index is 1280. The Hall–Kier alpha value is -3.64. The average Bonchev–Trinajstić information content (AvgIpc) is 3.34. The number of anilines is 1. The Morgan fingerprint density at radius 1 is 0.884 bits per heavy atom. The van der Waals surface area contributed by atoms with Gasteiger partial charge in [-0.15, -0.1) is 0 Å². The van der Waals surface area contributed by atoms with Crippen LogP contribution in [0.15, 0.2) is 48.5 Å². The highest BCUT2D eigenvalue weighted by molar-refractivity contribution is 5.96. The van der Waals surface area contributed by atoms with Crippen molar-refractivity contribution in [3.8, 4) is 0 Å². The van der Waals surface area contributed by atoms with E-state index in [9.17, 15) is 27.6 Å². The molecule has 3 saturated heterocycles. The molecule has 0 aliphatic carbocycles. The van der Waals surface area contributed by atoms with Crippen molar-refractivity contribution in [3.05, 3.63) is 65.2 Å². The van der Waals surface area contributed by atoms with Crippen LogP contribution in [0.2, 0.25) is 0 Å². The molecule has 2 N–H and O–H groups in total. The van der Waals surface area contributed by atoms with E-state index in [2.05, 4.69) is 20.4 Å². The number of likely N-dealkylation sites (tertiary alicyclic amines) is 1. The molecule has 3 heterocycles. The van der Waals surface area contributed by atoms with Gasteiger partial charge in [0.05, 0.1) is 25.3 Å². The molecule has 0 spiro atoms. The maximum atomic E-state index is 12.9. The number of halogens is 3. The zero-order valence-electron chi connectivity index (χ0n) is 24.1. The fraction of sp³-hybridized carbons (Fsp3) is 0.516. The van der Waals surface area contributed by atoms with Gasteiger partial charge < -0.3 is 25.2 Å². The summed E-state index contributed by atoms with van der Waals surface area (Å²) in [5.74, 6) is -1.05. The van der Waals surface area contributed by atoms with Crippen molar-refractivity contribution in [2.75, 3.05) is 63.9 Å². The fourth-order valence-electron chi connectivity index (χ4n) is 6.08. The molecule has 2 atom stereocenters. The van der Waals surface area contributed by atoms with Crippen LogP contribution in [-0.4, -0.2) is 98.6 Å². The van der Waals surface area contributed by atoms with Crippen molar-refractivity contribution in [2.24, 2.45) is 0 Å². The lowest BCUT2D eigenvalue weighted by Crippen LogP contribution is -2.44. The van der Waals surface area contributed by atoms with Gasteiger partial charge in [0.25, 0.3) is 11.8 Å². The zero-order valence-corrected chi connectivity index (χ0v) is 24.1. The molecule has 3 aliphatic heterocycles. The molecule has 0 bridgehead atoms. The van der Waals surface area contributed by atoms with Crippen molar-refractivity contribution in [1.82, 2.24) is 20.4 Å². The van der Waals surface area contributed by atoms with E-state index in [-0.39, 0.29) is 30.0 Å². The first-order chi connectivity index (χ1) is 20.7. The number of amides is 3. The molecule has 0 aromatic heterocycles. The topological polar surface area (TPSA) is 94.2 Å². The molecule has 43 heavy (non-hydrogen) atoms. The third-order valence-electron chi connectivity index (χ3n) is 8.44. The summed E-state index contributed by atoms with van der Waals surface area (Å²) in [4.78, 5) is 44.2. The maximum Gasteiger partial charge on any atom is 0.416 e. The Morgan fingerprint density at radius 3 is 2.40 bits per heavy atom. The van der Waals surface area contributed by atoms with Gasteiger partial charge in [-0.05, 0) is 68.1 Å². The average molecular weight is 602 g/mol. The van der Waals surface area contributed by atoms with Gasteiger partial charge in [-0.2, -0.15) is 13.2 Å². The minimum atomic E-state index is -4.55. The first-order valence-electron chi connectivity index (χ1n) is 14.9. The largest absolute Gasteiger partial charge is 0.416 e. The first kappa shape index (κ1) is 30.8. The lowest BCUT2D eigenvalue weighted by Gasteiger charge is -2.28. The molecule has 3 fully saturated rings. The smallest absolute Gasteiger partial charge is 0.378 e. The van der Waals surface area contributed by atoms with E-state index in [0.717, 1.165) is 69.7 Å². The summed E-state index contributed by atoms with van der Waals surface area (Å²) in [6, 6.07) is 12.4. The second-order valence-corrected chi connectivity index (χ2v) is 11.3. The Balaban J connectivity index is 1.05. The summed E-state index contributed by atoms with van der Waals surface area (Å²) in [5, 5.41) is 5.37. The van der Waals surface area contributed by atoms with E-state index in [0.29, 0.717) is 37.9 Å². The van der Waals surface area contributed by atoms with E-state index >= 15 is 0 Å². The minimum Gasteiger partial charge on any atom is -0.378 e. The van der Waals surface area contributed by atoms with E-state index in [1.807, 2.05) is 29.2 Å². The lowest BCUT2D eigenvalue weighted by molar-refractivity contribution is -0.137. The number of carbonyl (C=O) groups excluding carboxylic acids is 3. The van der Waals surface area contributed by atoms with Crippen molar-refractivity contribution >= 4 is 23.4 Å². The van der Waals surface area contributed by atoms with Crippen molar-refractivity contribution in [1.29, 1.82) is 0 Å². The third-order valence-corrected chi connectivity index (χ3v) is 8.44. The Kier molecular flexibility index (Phi) is 9.86. The minimum absolute atomic E-state index is 0.0413. The molecule has 3 aliphatic rings. The number of carbonyl (C=O) groups is 3. The molecule has 12 heteroatoms. The van der Waals surface area contributed by atoms with Crippen LogP contribution in [0.3, 0.4) is 0 Å². The Morgan fingerprint density at radius 2 is 1.65 bits per heavy atom. The van der Waals surface area contributed by atoms with Crippen LogP contribution in [-0.2, 0) is 15.7 Å². The van der Waals surface area contributed by atoms with E-state index in [1.165, 1.54) is 12.1 Å². The highest BCUT2D eigenvalue weighted by atomic mass is 19.4. The molecule has 9 nitrogen and oxygen atoms in total. The summed E-state index contributed by atoms with van der Waals surface area (Å²) in [5.41, 5.74) is 0.747. The highest BCUT2D eigenvalue weighted by Gasteiger charge is 2.32. The lowest BCUT2D eigenvalue weighted by atomic mass is 10.1. The molecule has 3 amide bonds. The number of nitrogens with zero attached hydrogens (tertiary/aromatic N) is 3. The van der Waals surface area contributed by atoms with Crippen molar-refractivity contribution in [3.63, 3.8) is 0 Å². The number of morpholine rings is 1. The van der Waals surface area contributed by atoms with E-state index in [1.54, 1.807) is 0 Å². The number of hydrogen-bond acceptors (Lipinski definition) is 6. The number of rotatable bonds is 7. The van der Waals surface area contributed by atoms with Crippen LogP contribution < -0.4 is 15.5 Å². The summed E-state index contributed by atoms with van der Waals surface area (Å²) >= 11 is 0. The number of benzene rings is 2. The van der Waals surface area contributed by atoms with Gasteiger partial charge in [-0.25, -0.2) is 0 Å². The van der Waals surface area contributed by atoms with Gasteiger partial charge >= 0.3 is 6.18 Å². The van der Waals surface area contributed by atoms with Gasteiger partial charge in [0.1, 0.15) is 0 Å². The van der Waals surface area contributed by atoms with Crippen LogP contribution >= 0.6 is 0 Å². The molecule has 0 radical (unpaired) electrons. The summed E-state index contributed by atoms with van der Waals surface area (Å²) < 4.78 is 44.1. The molecule has 2 unspecified atom stereocenters. The molecular weight excluding hydrogens is 563 g/mol. The van der Waals surface area contributed by atoms with Gasteiger partial charge in [-0.1, -0.05) is 6.07 Å². The maximum absolute atomic E-state index is 12.9. The second-order valence-electron chi connectivity index (χ2n) is 11.3. The molecule has 2 aromatic rings. The predicted molar refractivity (Wildman–Crippen MR) is 155 cm³/mol. The van der Waals surface area contributed by atoms with Crippen molar-refractivity contribution in [2.45, 2.75) is 43.9 Å². The number of ether oxygens (including phenoxy) is 1. The summed E-state index contributed by atoms with van der Waals surface area (Å²) in [7, 11) is 0. The monoisotopic (exact) mass is 601 g/mol. The number of nitrogens with one attached hydrogen (secondary N) is 2. The van der Waals surface area contributed by atoms with Gasteiger partial charge in [0.2, 0.25) is 5.91 Å². The number of hydrogen-bond donors (Lipinski definition) is 2. The van der Waals surface area contributed by atoms with Crippen molar-refractivity contribution < 1.29 is 32.3 Å². The first-order valence-corrected chi connectivity index (χ1v) is 14.9. The van der Waals surface area contributed by atoms with E-state index in [4.69, 9.17) is 4.74 Å². The molecule has 0 saturated carbocycles. The summed E-state index contributed by atoms with van der Waals surface area (Å²) in [6.07, 6.45) is -0.672. The molecular formula is C31H38F3N5O4. The summed E-state index contributed by atoms with van der Waals surface area (Å²) in [6.45, 7) is 5.51. The van der Waals surface area contributed by atoms with Crippen LogP contribution in [0.1, 0.15) is 52.0 Å². The quantitative estimate of drug-likeness (QED) is 0.507. The highest BCUT2D eigenvalue weighted by Crippen LogP contribution is 2.29. The Labute approximate surface area is 249 Å². The van der Waals surface area contributed by atoms with Gasteiger partial charge in [0, 0.05) is 68.2 Å². The predicted octanol–water partition coefficient (Wildman–Crippen LogP) is 3.16. The second kappa shape index (κ2) is 13.8. The van der Waals surface area contributed by atoms with E-state index < -0.39 is 17.6 Å². The normalized spacial score (nSPS) is 21.7. The zero-order chi connectivity index (χ0) is 30.4. The molecule has 232 valence electrons. The van der Waals surface area contributed by atoms with Crippen LogP contribution in [0.25, 0.3) is 0 Å². The third kappa shape index (κ3) is 8.05. The van der Waals surface area contributed by atoms with Crippen LogP contribution in [0.5, 0.6) is 0 Å². The standard InChI is InChI=1S/C31H38F3N5O4/c32-31(33,34)24-4-1-3-23(19-24)29(41)35-20-28(40)36-25-10-13-39(21-25)26-5-2-12-37(14-11-26)27-8-6-22(7-9-27)30(42)38-15-17-43-18-16-38/h1,3-4,6-9,19,25-26H,2,5,10-18,20-21H2,(H,35,41)(H,36,40). The SMILES string of the molecule is O=C(CNC(=O)c1cccc(C(F)(F)F)c1)NC1CCN(C2CCCN(c3ccc(C(=O)N4CCOCC4)cc3)CC2)C1. The molecule has 2 aromatic carbocycles.